The van der Waals surface area contributed by atoms with Gasteiger partial charge in [-0.15, -0.1) is 0 Å². The van der Waals surface area contributed by atoms with E-state index in [-0.39, 0.29) is 0 Å². The predicted molar refractivity (Wildman–Crippen MR) is 78.6 cm³/mol. The number of nitrogens with two attached hydrogens (primary N) is 2. The van der Waals surface area contributed by atoms with Crippen molar-refractivity contribution in [2.75, 3.05) is 0 Å². The molecule has 0 amide bonds. The van der Waals surface area contributed by atoms with Gasteiger partial charge in [0.05, 0.1) is 5.28 Å². The molecule has 122 valence electrons. The molecular weight excluding hydrogens is 279 g/mol. The molecule has 20 heavy (non-hydrogen) atoms. The Bertz CT molecular complexity index is 323. The van der Waals surface area contributed by atoms with Gasteiger partial charge in [-0.25, -0.2) is 4.89 Å². The zero-order chi connectivity index (χ0) is 15.9. The fraction of sp³-hybridized carbons (Fsp3) is 1.00. The van der Waals surface area contributed by atoms with Crippen LogP contribution in [0.1, 0.15) is 72.6 Å². The highest BCUT2D eigenvalue weighted by Gasteiger charge is 2.39. The summed E-state index contributed by atoms with van der Waals surface area (Å²) in [6.07, 6.45) is 3.85. The number of hydrogen-bond acceptors (Lipinski definition) is 6. The van der Waals surface area contributed by atoms with E-state index in [9.17, 15) is 9.46 Å². The summed E-state index contributed by atoms with van der Waals surface area (Å²) < 4.78 is 17.1. The van der Waals surface area contributed by atoms with Crippen LogP contribution in [0, 0.1) is 0 Å². The molecule has 0 aliphatic rings. The highest BCUT2D eigenvalue weighted by Crippen LogP contribution is 2.54. The first-order chi connectivity index (χ1) is 9.20. The lowest BCUT2D eigenvalue weighted by atomic mass is 10.1. The normalized spacial score (nSPS) is 18.6. The quantitative estimate of drug-likeness (QED) is 0.263. The maximum atomic E-state index is 12.3. The molecule has 0 aromatic heterocycles. The van der Waals surface area contributed by atoms with Crippen molar-refractivity contribution in [2.45, 2.75) is 83.6 Å². The Labute approximate surface area is 122 Å². The lowest BCUT2D eigenvalue weighted by molar-refractivity contribution is -0.338. The Morgan fingerprint density at radius 2 is 1.60 bits per heavy atom. The Morgan fingerprint density at radius 1 is 1.05 bits per heavy atom. The molecule has 7 heteroatoms. The SMILES string of the molecule is CCCCC(N)(CCC)P(=O)([O-])OOC(N)(CC)CC. The first-order valence-electron chi connectivity index (χ1n) is 7.46. The molecule has 2 atom stereocenters. The largest absolute Gasteiger partial charge is 0.775 e. The number of rotatable bonds is 11. The molecule has 0 saturated carbocycles. The van der Waals surface area contributed by atoms with Crippen LogP contribution in [0.25, 0.3) is 0 Å². The summed E-state index contributed by atoms with van der Waals surface area (Å²) in [5, 5.41) is -1.39. The van der Waals surface area contributed by atoms with E-state index in [4.69, 9.17) is 21.0 Å². The van der Waals surface area contributed by atoms with Gasteiger partial charge in [-0.05, 0) is 25.7 Å². The summed E-state index contributed by atoms with van der Waals surface area (Å²) in [6, 6.07) is 0. The second-order valence-electron chi connectivity index (χ2n) is 5.38. The zero-order valence-electron chi connectivity index (χ0n) is 13.2. The Kier molecular flexibility index (Phi) is 8.48. The van der Waals surface area contributed by atoms with Crippen molar-refractivity contribution in [1.29, 1.82) is 0 Å². The third-order valence-corrected chi connectivity index (χ3v) is 5.50. The molecule has 0 fully saturated rings. The number of hydrogen-bond donors (Lipinski definition) is 2. The van der Waals surface area contributed by atoms with E-state index in [0.29, 0.717) is 32.1 Å². The van der Waals surface area contributed by atoms with E-state index in [1.54, 1.807) is 13.8 Å². The molecule has 0 bridgehead atoms. The maximum absolute atomic E-state index is 12.3. The first kappa shape index (κ1) is 20.0. The van der Waals surface area contributed by atoms with E-state index in [1.165, 1.54) is 0 Å². The lowest BCUT2D eigenvalue weighted by Crippen LogP contribution is -2.46. The van der Waals surface area contributed by atoms with Crippen LogP contribution in [0.3, 0.4) is 0 Å². The third kappa shape index (κ3) is 5.43. The highest BCUT2D eigenvalue weighted by atomic mass is 31.2. The highest BCUT2D eigenvalue weighted by molar-refractivity contribution is 7.52. The van der Waals surface area contributed by atoms with Crippen molar-refractivity contribution in [3.05, 3.63) is 0 Å². The van der Waals surface area contributed by atoms with Crippen LogP contribution in [0.15, 0.2) is 0 Å². The van der Waals surface area contributed by atoms with Gasteiger partial charge in [0.1, 0.15) is 0 Å². The first-order valence-corrected chi connectivity index (χ1v) is 9.00. The van der Waals surface area contributed by atoms with Crippen LogP contribution in [-0.4, -0.2) is 11.0 Å². The minimum atomic E-state index is -4.36. The van der Waals surface area contributed by atoms with E-state index in [2.05, 4.69) is 0 Å². The van der Waals surface area contributed by atoms with Crippen LogP contribution in [0.4, 0.5) is 0 Å². The van der Waals surface area contributed by atoms with Gasteiger partial charge >= 0.3 is 0 Å². The standard InChI is InChI=1S/C13H31N2O4P/c1-5-9-11-13(15,10-6-2)20(16,17)19-18-12(14,7-3)8-4/h5-11,14-15H2,1-4H3,(H,16,17)/p-1. The van der Waals surface area contributed by atoms with Crippen molar-refractivity contribution in [3.63, 3.8) is 0 Å². The Morgan fingerprint density at radius 3 is 2.00 bits per heavy atom. The van der Waals surface area contributed by atoms with Crippen LogP contribution < -0.4 is 16.4 Å². The minimum Gasteiger partial charge on any atom is -0.775 e. The van der Waals surface area contributed by atoms with E-state index in [1.807, 2.05) is 13.8 Å². The predicted octanol–water partition coefficient (Wildman–Crippen LogP) is 2.61. The second kappa shape index (κ2) is 8.47. The molecule has 0 aromatic carbocycles. The average Bonchev–Trinajstić information content (AvgIpc) is 2.43. The molecule has 6 nitrogen and oxygen atoms in total. The van der Waals surface area contributed by atoms with E-state index < -0.39 is 18.6 Å². The van der Waals surface area contributed by atoms with Crippen molar-refractivity contribution in [2.24, 2.45) is 11.5 Å². The summed E-state index contributed by atoms with van der Waals surface area (Å²) in [5.41, 5.74) is 10.8. The maximum Gasteiger partial charge on any atom is 0.191 e. The van der Waals surface area contributed by atoms with Gasteiger partial charge in [-0.2, -0.15) is 4.67 Å². The molecule has 0 saturated heterocycles. The molecule has 0 heterocycles. The molecule has 0 aromatic rings. The summed E-state index contributed by atoms with van der Waals surface area (Å²) in [7, 11) is -4.36. The van der Waals surface area contributed by atoms with Gasteiger partial charge in [0.2, 0.25) is 0 Å². The molecule has 4 N–H and O–H groups in total. The summed E-state index contributed by atoms with van der Waals surface area (Å²) >= 11 is 0. The average molecular weight is 309 g/mol. The molecular formula is C13H30N2O4P-. The van der Waals surface area contributed by atoms with Crippen LogP contribution in [0.2, 0.25) is 0 Å². The third-order valence-electron chi connectivity index (χ3n) is 3.69. The van der Waals surface area contributed by atoms with Crippen molar-refractivity contribution < 1.29 is 19.0 Å². The van der Waals surface area contributed by atoms with Gasteiger partial charge in [-0.3, -0.25) is 0 Å². The smallest absolute Gasteiger partial charge is 0.191 e. The van der Waals surface area contributed by atoms with Crippen molar-refractivity contribution in [3.8, 4) is 0 Å². The van der Waals surface area contributed by atoms with Gasteiger partial charge in [0.25, 0.3) is 0 Å². The Balaban J connectivity index is 4.90. The monoisotopic (exact) mass is 309 g/mol. The molecule has 0 aliphatic carbocycles. The molecule has 2 unspecified atom stereocenters. The molecule has 0 aliphatic heterocycles. The second-order valence-corrected chi connectivity index (χ2v) is 7.42. The summed E-state index contributed by atoms with van der Waals surface area (Å²) in [6.45, 7) is 7.49. The topological polar surface area (TPSA) is 111 Å². The van der Waals surface area contributed by atoms with Crippen molar-refractivity contribution >= 4 is 7.60 Å². The minimum absolute atomic E-state index is 0.340. The van der Waals surface area contributed by atoms with Crippen molar-refractivity contribution in [1.82, 2.24) is 0 Å². The van der Waals surface area contributed by atoms with E-state index >= 15 is 0 Å². The fourth-order valence-corrected chi connectivity index (χ4v) is 3.20. The molecule has 0 radical (unpaired) electrons. The molecule has 0 rings (SSSR count). The van der Waals surface area contributed by atoms with Crippen LogP contribution >= 0.6 is 7.60 Å². The molecule has 0 spiro atoms. The van der Waals surface area contributed by atoms with Gasteiger partial charge in [0, 0.05) is 0 Å². The van der Waals surface area contributed by atoms with Gasteiger partial charge < -0.3 is 20.9 Å². The van der Waals surface area contributed by atoms with Gasteiger partial charge in [0.15, 0.2) is 13.3 Å². The van der Waals surface area contributed by atoms with Crippen LogP contribution in [-0.2, 0) is 14.1 Å². The fourth-order valence-electron chi connectivity index (χ4n) is 1.88. The zero-order valence-corrected chi connectivity index (χ0v) is 14.1. The number of unbranched alkanes of at least 4 members (excludes halogenated alkanes) is 1. The van der Waals surface area contributed by atoms with Gasteiger partial charge in [-0.1, -0.05) is 47.0 Å². The Hall–Kier alpha value is 0.0300. The summed E-state index contributed by atoms with van der Waals surface area (Å²) in [4.78, 5) is 17.3. The van der Waals surface area contributed by atoms with Crippen LogP contribution in [0.5, 0.6) is 0 Å². The lowest BCUT2D eigenvalue weighted by Gasteiger charge is -2.41. The van der Waals surface area contributed by atoms with E-state index in [0.717, 1.165) is 12.8 Å². The summed E-state index contributed by atoms with van der Waals surface area (Å²) in [5.74, 6) is 0.